The Balaban J connectivity index is 1.64. The molecule has 2 amide bonds. The molecule has 1 saturated heterocycles. The van der Waals surface area contributed by atoms with E-state index in [1.165, 1.54) is 0 Å². The highest BCUT2D eigenvalue weighted by Gasteiger charge is 2.28. The first-order chi connectivity index (χ1) is 12.0. The number of H-pyrrole nitrogens is 1. The number of carbonyl (C=O) groups is 2. The van der Waals surface area contributed by atoms with Gasteiger partial charge < -0.3 is 20.1 Å². The summed E-state index contributed by atoms with van der Waals surface area (Å²) in [6, 6.07) is 1.70. The lowest BCUT2D eigenvalue weighted by atomic mass is 9.92. The van der Waals surface area contributed by atoms with Crippen molar-refractivity contribution in [3.63, 3.8) is 0 Å². The number of likely N-dealkylation sites (tertiary alicyclic amines) is 1. The van der Waals surface area contributed by atoms with Crippen LogP contribution in [0.3, 0.4) is 0 Å². The Morgan fingerprint density at radius 2 is 2.24 bits per heavy atom. The Morgan fingerprint density at radius 3 is 2.92 bits per heavy atom. The minimum atomic E-state index is -0.432. The minimum Gasteiger partial charge on any atom is -0.366 e. The number of hydrogen-bond donors (Lipinski definition) is 2. The second-order valence-corrected chi connectivity index (χ2v) is 6.65. The number of aromatic amines is 1. The van der Waals surface area contributed by atoms with E-state index in [4.69, 9.17) is 10.3 Å². The number of rotatable bonds is 5. The number of piperidine rings is 1. The van der Waals surface area contributed by atoms with Gasteiger partial charge in [-0.25, -0.2) is 0 Å². The summed E-state index contributed by atoms with van der Waals surface area (Å²) in [6.07, 6.45) is 4.65. The fraction of sp³-hybridized carbons (Fsp3) is 0.500. The Bertz CT molecular complexity index is 758. The van der Waals surface area contributed by atoms with Crippen LogP contribution in [0.15, 0.2) is 16.8 Å². The average Bonchev–Trinajstić information content (AvgIpc) is 3.21. The standard InChI is InChI=1S/C18H24N4O3/c1-11-14(12(2)25-21-11)5-6-16(23)22-9-3-4-13(10-22)17-15(18(19)24)7-8-20-17/h7-8,13,20H,3-6,9-10H2,1-2H3,(H2,19,24). The molecule has 1 unspecified atom stereocenters. The van der Waals surface area contributed by atoms with E-state index in [2.05, 4.69) is 10.1 Å². The number of carbonyl (C=O) groups excluding carboxylic acids is 2. The largest absolute Gasteiger partial charge is 0.366 e. The van der Waals surface area contributed by atoms with Crippen molar-refractivity contribution in [3.8, 4) is 0 Å². The van der Waals surface area contributed by atoms with Crippen molar-refractivity contribution in [3.05, 3.63) is 40.5 Å². The molecule has 7 heteroatoms. The zero-order chi connectivity index (χ0) is 18.0. The van der Waals surface area contributed by atoms with Gasteiger partial charge in [-0.2, -0.15) is 0 Å². The van der Waals surface area contributed by atoms with Crippen LogP contribution in [0, 0.1) is 13.8 Å². The highest BCUT2D eigenvalue weighted by Crippen LogP contribution is 2.28. The maximum absolute atomic E-state index is 12.6. The highest BCUT2D eigenvalue weighted by atomic mass is 16.5. The number of aryl methyl sites for hydroxylation is 2. The lowest BCUT2D eigenvalue weighted by molar-refractivity contribution is -0.132. The molecule has 1 aliphatic heterocycles. The monoisotopic (exact) mass is 344 g/mol. The fourth-order valence-electron chi connectivity index (χ4n) is 3.62. The Labute approximate surface area is 146 Å². The zero-order valence-corrected chi connectivity index (χ0v) is 14.7. The molecule has 1 fully saturated rings. The van der Waals surface area contributed by atoms with E-state index < -0.39 is 5.91 Å². The number of primary amides is 1. The number of nitrogens with zero attached hydrogens (tertiary/aromatic N) is 2. The topological polar surface area (TPSA) is 105 Å². The van der Waals surface area contributed by atoms with Crippen LogP contribution in [-0.2, 0) is 11.2 Å². The van der Waals surface area contributed by atoms with Crippen molar-refractivity contribution in [2.45, 2.75) is 45.4 Å². The number of amides is 2. The summed E-state index contributed by atoms with van der Waals surface area (Å²) in [7, 11) is 0. The van der Waals surface area contributed by atoms with E-state index in [9.17, 15) is 9.59 Å². The molecule has 2 aromatic rings. The molecule has 2 aromatic heterocycles. The molecular formula is C18H24N4O3. The molecule has 1 aliphatic rings. The first-order valence-corrected chi connectivity index (χ1v) is 8.64. The second kappa shape index (κ2) is 7.13. The van der Waals surface area contributed by atoms with E-state index in [0.717, 1.165) is 42.1 Å². The van der Waals surface area contributed by atoms with Gasteiger partial charge in [0.1, 0.15) is 5.76 Å². The van der Waals surface area contributed by atoms with Crippen LogP contribution in [0.25, 0.3) is 0 Å². The third kappa shape index (κ3) is 3.60. The van der Waals surface area contributed by atoms with Crippen molar-refractivity contribution in [2.75, 3.05) is 13.1 Å². The van der Waals surface area contributed by atoms with Crippen molar-refractivity contribution < 1.29 is 14.1 Å². The molecule has 3 rings (SSSR count). The predicted octanol–water partition coefficient (Wildman–Crippen LogP) is 2.06. The summed E-state index contributed by atoms with van der Waals surface area (Å²) in [5.74, 6) is 0.587. The number of nitrogens with two attached hydrogens (primary N) is 1. The van der Waals surface area contributed by atoms with Crippen molar-refractivity contribution in [1.82, 2.24) is 15.0 Å². The van der Waals surface area contributed by atoms with Gasteiger partial charge in [0, 0.05) is 42.9 Å². The second-order valence-electron chi connectivity index (χ2n) is 6.65. The minimum absolute atomic E-state index is 0.120. The Kier molecular flexibility index (Phi) is 4.92. The van der Waals surface area contributed by atoms with Gasteiger partial charge in [-0.05, 0) is 39.2 Å². The lowest BCUT2D eigenvalue weighted by Gasteiger charge is -2.33. The summed E-state index contributed by atoms with van der Waals surface area (Å²) in [5, 5.41) is 3.93. The van der Waals surface area contributed by atoms with Crippen LogP contribution in [0.4, 0.5) is 0 Å². The summed E-state index contributed by atoms with van der Waals surface area (Å²) < 4.78 is 5.15. The van der Waals surface area contributed by atoms with Gasteiger partial charge in [0.25, 0.3) is 5.91 Å². The van der Waals surface area contributed by atoms with Crippen LogP contribution in [-0.4, -0.2) is 39.9 Å². The highest BCUT2D eigenvalue weighted by molar-refractivity contribution is 5.94. The molecule has 0 radical (unpaired) electrons. The molecule has 0 spiro atoms. The van der Waals surface area contributed by atoms with Gasteiger partial charge >= 0.3 is 0 Å². The van der Waals surface area contributed by atoms with E-state index in [0.29, 0.717) is 24.9 Å². The van der Waals surface area contributed by atoms with E-state index in [1.54, 1.807) is 12.3 Å². The summed E-state index contributed by atoms with van der Waals surface area (Å²) in [5.41, 5.74) is 8.67. The number of aromatic nitrogens is 2. The third-order valence-electron chi connectivity index (χ3n) is 5.00. The molecule has 0 aromatic carbocycles. The van der Waals surface area contributed by atoms with E-state index >= 15 is 0 Å². The summed E-state index contributed by atoms with van der Waals surface area (Å²) in [4.78, 5) is 29.2. The van der Waals surface area contributed by atoms with Crippen molar-refractivity contribution in [1.29, 1.82) is 0 Å². The van der Waals surface area contributed by atoms with Gasteiger partial charge in [0.2, 0.25) is 5.91 Å². The van der Waals surface area contributed by atoms with Gasteiger partial charge in [-0.3, -0.25) is 9.59 Å². The third-order valence-corrected chi connectivity index (χ3v) is 5.00. The van der Waals surface area contributed by atoms with E-state index in [1.807, 2.05) is 18.7 Å². The summed E-state index contributed by atoms with van der Waals surface area (Å²) in [6.45, 7) is 5.13. The molecule has 7 nitrogen and oxygen atoms in total. The molecule has 134 valence electrons. The van der Waals surface area contributed by atoms with Crippen molar-refractivity contribution in [2.24, 2.45) is 5.73 Å². The van der Waals surface area contributed by atoms with Crippen LogP contribution in [0.2, 0.25) is 0 Å². The van der Waals surface area contributed by atoms with Gasteiger partial charge in [-0.15, -0.1) is 0 Å². The molecule has 0 bridgehead atoms. The van der Waals surface area contributed by atoms with Gasteiger partial charge in [0.05, 0.1) is 11.3 Å². The molecule has 0 saturated carbocycles. The Hall–Kier alpha value is -2.57. The quantitative estimate of drug-likeness (QED) is 0.866. The molecule has 1 atom stereocenters. The smallest absolute Gasteiger partial charge is 0.250 e. The fourth-order valence-corrected chi connectivity index (χ4v) is 3.62. The Morgan fingerprint density at radius 1 is 1.44 bits per heavy atom. The maximum Gasteiger partial charge on any atom is 0.250 e. The van der Waals surface area contributed by atoms with Crippen LogP contribution in [0.1, 0.15) is 58.2 Å². The van der Waals surface area contributed by atoms with Crippen LogP contribution < -0.4 is 5.73 Å². The first kappa shape index (κ1) is 17.3. The normalized spacial score (nSPS) is 17.7. The van der Waals surface area contributed by atoms with E-state index in [-0.39, 0.29) is 11.8 Å². The lowest BCUT2D eigenvalue weighted by Crippen LogP contribution is -2.39. The average molecular weight is 344 g/mol. The zero-order valence-electron chi connectivity index (χ0n) is 14.7. The van der Waals surface area contributed by atoms with Gasteiger partial charge in [0.15, 0.2) is 0 Å². The van der Waals surface area contributed by atoms with Gasteiger partial charge in [-0.1, -0.05) is 5.16 Å². The summed E-state index contributed by atoms with van der Waals surface area (Å²) >= 11 is 0. The molecule has 3 heterocycles. The molecular weight excluding hydrogens is 320 g/mol. The van der Waals surface area contributed by atoms with Crippen LogP contribution >= 0.6 is 0 Å². The molecule has 25 heavy (non-hydrogen) atoms. The first-order valence-electron chi connectivity index (χ1n) is 8.64. The predicted molar refractivity (Wildman–Crippen MR) is 92.2 cm³/mol. The number of nitrogens with one attached hydrogen (secondary N) is 1. The SMILES string of the molecule is Cc1noc(C)c1CCC(=O)N1CCCC(c2[nH]ccc2C(N)=O)C1. The molecule has 0 aliphatic carbocycles. The van der Waals surface area contributed by atoms with Crippen LogP contribution in [0.5, 0.6) is 0 Å². The maximum atomic E-state index is 12.6. The molecule has 3 N–H and O–H groups in total. The van der Waals surface area contributed by atoms with Crippen molar-refractivity contribution >= 4 is 11.8 Å². The number of hydrogen-bond acceptors (Lipinski definition) is 4.